The van der Waals surface area contributed by atoms with Crippen LogP contribution < -0.4 is 0 Å². The summed E-state index contributed by atoms with van der Waals surface area (Å²) in [6.45, 7) is 3.86. The molecule has 90 valence electrons. The van der Waals surface area contributed by atoms with Crippen molar-refractivity contribution in [2.45, 2.75) is 32.2 Å². The molecule has 0 aromatic carbocycles. The van der Waals surface area contributed by atoms with Gasteiger partial charge in [-0.1, -0.05) is 13.3 Å². The van der Waals surface area contributed by atoms with Crippen molar-refractivity contribution < 1.29 is 9.90 Å². The Bertz CT molecular complexity index is 183. The molecular weight excluding hydrogens is 192 g/mol. The highest BCUT2D eigenvalue weighted by molar-refractivity contribution is 5.73. The van der Waals surface area contributed by atoms with E-state index in [-0.39, 0.29) is 6.04 Å². The molecule has 1 N–H and O–H groups in total. The first-order valence-corrected chi connectivity index (χ1v) is 5.56. The van der Waals surface area contributed by atoms with Crippen molar-refractivity contribution in [1.29, 1.82) is 0 Å². The first-order valence-electron chi connectivity index (χ1n) is 5.56. The smallest absolute Gasteiger partial charge is 0.320 e. The zero-order valence-electron chi connectivity index (χ0n) is 10.4. The largest absolute Gasteiger partial charge is 0.480 e. The summed E-state index contributed by atoms with van der Waals surface area (Å²) >= 11 is 0. The molecule has 15 heavy (non-hydrogen) atoms. The summed E-state index contributed by atoms with van der Waals surface area (Å²) in [5.74, 6) is -0.704. The van der Waals surface area contributed by atoms with Crippen LogP contribution in [0.5, 0.6) is 0 Å². The number of carboxylic acid groups (broad SMARTS) is 1. The Morgan fingerprint density at radius 3 is 2.27 bits per heavy atom. The van der Waals surface area contributed by atoms with Gasteiger partial charge in [-0.15, -0.1) is 0 Å². The fourth-order valence-corrected chi connectivity index (χ4v) is 1.60. The Kier molecular flexibility index (Phi) is 7.34. The average Bonchev–Trinajstić information content (AvgIpc) is 2.12. The van der Waals surface area contributed by atoms with Crippen molar-refractivity contribution >= 4 is 5.97 Å². The van der Waals surface area contributed by atoms with Crippen molar-refractivity contribution in [2.75, 3.05) is 34.2 Å². The van der Waals surface area contributed by atoms with E-state index in [2.05, 4.69) is 4.90 Å². The van der Waals surface area contributed by atoms with Gasteiger partial charge in [-0.05, 0) is 47.1 Å². The third-order valence-electron chi connectivity index (χ3n) is 2.50. The fraction of sp³-hybridized carbons (Fsp3) is 0.909. The number of hydrogen-bond donors (Lipinski definition) is 1. The van der Waals surface area contributed by atoms with Crippen molar-refractivity contribution in [1.82, 2.24) is 9.80 Å². The van der Waals surface area contributed by atoms with Gasteiger partial charge in [-0.25, -0.2) is 0 Å². The first kappa shape index (κ1) is 14.4. The number of carboxylic acids is 1. The van der Waals surface area contributed by atoms with Gasteiger partial charge in [0.05, 0.1) is 0 Å². The van der Waals surface area contributed by atoms with Gasteiger partial charge in [0.15, 0.2) is 0 Å². The van der Waals surface area contributed by atoms with Crippen LogP contribution in [0.25, 0.3) is 0 Å². The lowest BCUT2D eigenvalue weighted by Crippen LogP contribution is -2.39. The van der Waals surface area contributed by atoms with Crippen LogP contribution in [0.1, 0.15) is 26.2 Å². The Morgan fingerprint density at radius 2 is 1.87 bits per heavy atom. The first-order chi connectivity index (χ1) is 6.99. The van der Waals surface area contributed by atoms with Crippen molar-refractivity contribution in [2.24, 2.45) is 0 Å². The fourth-order valence-electron chi connectivity index (χ4n) is 1.60. The summed E-state index contributed by atoms with van der Waals surface area (Å²) in [6, 6.07) is -0.322. The minimum absolute atomic E-state index is 0.322. The number of hydrogen-bond acceptors (Lipinski definition) is 3. The lowest BCUT2D eigenvalue weighted by molar-refractivity contribution is -0.143. The van der Waals surface area contributed by atoms with Crippen LogP contribution in [0.4, 0.5) is 0 Å². The van der Waals surface area contributed by atoms with E-state index in [9.17, 15) is 4.79 Å². The zero-order chi connectivity index (χ0) is 11.8. The van der Waals surface area contributed by atoms with Crippen LogP contribution >= 0.6 is 0 Å². The van der Waals surface area contributed by atoms with Crippen LogP contribution in [0.15, 0.2) is 0 Å². The summed E-state index contributed by atoms with van der Waals surface area (Å²) in [5.41, 5.74) is 0. The Balaban J connectivity index is 3.91. The summed E-state index contributed by atoms with van der Waals surface area (Å²) in [7, 11) is 5.95. The van der Waals surface area contributed by atoms with Crippen LogP contribution in [0.3, 0.4) is 0 Å². The molecule has 0 aliphatic rings. The van der Waals surface area contributed by atoms with Crippen LogP contribution in [0, 0.1) is 0 Å². The molecule has 0 amide bonds. The maximum atomic E-state index is 11.0. The topological polar surface area (TPSA) is 43.8 Å². The van der Waals surface area contributed by atoms with Crippen LogP contribution in [-0.4, -0.2) is 61.2 Å². The van der Waals surface area contributed by atoms with Gasteiger partial charge < -0.3 is 10.0 Å². The molecule has 0 aromatic rings. The normalized spacial score (nSPS) is 13.5. The second-order valence-corrected chi connectivity index (χ2v) is 4.28. The van der Waals surface area contributed by atoms with E-state index >= 15 is 0 Å². The standard InChI is InChI=1S/C11H24N2O2/c1-5-7-10(11(14)15)13(4)9-6-8-12(2)3/h10H,5-9H2,1-4H3,(H,14,15). The average molecular weight is 216 g/mol. The summed E-state index contributed by atoms with van der Waals surface area (Å²) < 4.78 is 0. The molecule has 0 heterocycles. The van der Waals surface area contributed by atoms with Crippen LogP contribution in [-0.2, 0) is 4.79 Å². The molecule has 0 saturated heterocycles. The van der Waals surface area contributed by atoms with Crippen LogP contribution in [0.2, 0.25) is 0 Å². The van der Waals surface area contributed by atoms with Gasteiger partial charge in [0.1, 0.15) is 6.04 Å². The van der Waals surface area contributed by atoms with Crippen molar-refractivity contribution in [3.8, 4) is 0 Å². The molecule has 0 bridgehead atoms. The molecule has 0 aliphatic carbocycles. The van der Waals surface area contributed by atoms with E-state index < -0.39 is 5.97 Å². The van der Waals surface area contributed by atoms with E-state index in [1.807, 2.05) is 33.0 Å². The molecule has 0 spiro atoms. The van der Waals surface area contributed by atoms with Gasteiger partial charge in [0, 0.05) is 0 Å². The predicted molar refractivity (Wildman–Crippen MR) is 62.1 cm³/mol. The molecule has 0 rings (SSSR count). The lowest BCUT2D eigenvalue weighted by Gasteiger charge is -2.24. The monoisotopic (exact) mass is 216 g/mol. The predicted octanol–water partition coefficient (Wildman–Crippen LogP) is 1.12. The van der Waals surface area contributed by atoms with Gasteiger partial charge in [-0.2, -0.15) is 0 Å². The SMILES string of the molecule is CCCC(C(=O)O)N(C)CCCN(C)C. The minimum Gasteiger partial charge on any atom is -0.480 e. The number of carbonyl (C=O) groups is 1. The number of aliphatic carboxylic acids is 1. The Labute approximate surface area is 92.9 Å². The molecule has 0 fully saturated rings. The molecule has 0 aliphatic heterocycles. The number of nitrogens with zero attached hydrogens (tertiary/aromatic N) is 2. The van der Waals surface area contributed by atoms with E-state index in [1.165, 1.54) is 0 Å². The third kappa shape index (κ3) is 6.47. The maximum Gasteiger partial charge on any atom is 0.320 e. The third-order valence-corrected chi connectivity index (χ3v) is 2.50. The van der Waals surface area contributed by atoms with E-state index in [0.717, 1.165) is 32.4 Å². The molecular formula is C11H24N2O2. The van der Waals surface area contributed by atoms with Crippen molar-refractivity contribution in [3.63, 3.8) is 0 Å². The Hall–Kier alpha value is -0.610. The Morgan fingerprint density at radius 1 is 1.27 bits per heavy atom. The highest BCUT2D eigenvalue weighted by atomic mass is 16.4. The van der Waals surface area contributed by atoms with E-state index in [4.69, 9.17) is 5.11 Å². The lowest BCUT2D eigenvalue weighted by atomic mass is 10.1. The van der Waals surface area contributed by atoms with E-state index in [0.29, 0.717) is 0 Å². The quantitative estimate of drug-likeness (QED) is 0.660. The maximum absolute atomic E-state index is 11.0. The molecule has 1 unspecified atom stereocenters. The molecule has 4 heteroatoms. The molecule has 1 atom stereocenters. The molecule has 0 saturated carbocycles. The highest BCUT2D eigenvalue weighted by Gasteiger charge is 2.20. The summed E-state index contributed by atoms with van der Waals surface area (Å²) in [5, 5.41) is 9.03. The summed E-state index contributed by atoms with van der Waals surface area (Å²) in [6.07, 6.45) is 2.65. The second-order valence-electron chi connectivity index (χ2n) is 4.28. The van der Waals surface area contributed by atoms with E-state index in [1.54, 1.807) is 0 Å². The van der Waals surface area contributed by atoms with Gasteiger partial charge in [-0.3, -0.25) is 9.69 Å². The highest BCUT2D eigenvalue weighted by Crippen LogP contribution is 2.06. The van der Waals surface area contributed by atoms with Gasteiger partial charge >= 0.3 is 5.97 Å². The second kappa shape index (κ2) is 7.65. The summed E-state index contributed by atoms with van der Waals surface area (Å²) in [4.78, 5) is 15.0. The molecule has 0 aromatic heterocycles. The van der Waals surface area contributed by atoms with Gasteiger partial charge in [0.25, 0.3) is 0 Å². The van der Waals surface area contributed by atoms with Crippen molar-refractivity contribution in [3.05, 3.63) is 0 Å². The zero-order valence-corrected chi connectivity index (χ0v) is 10.4. The molecule has 4 nitrogen and oxygen atoms in total. The van der Waals surface area contributed by atoms with Gasteiger partial charge in [0.2, 0.25) is 0 Å². The molecule has 0 radical (unpaired) electrons. The minimum atomic E-state index is -0.704. The number of rotatable bonds is 8. The number of likely N-dealkylation sites (N-methyl/N-ethyl adjacent to an activating group) is 1.